The number of unbranched alkanes of at least 4 members (excludes halogenated alkanes) is 2. The van der Waals surface area contributed by atoms with Gasteiger partial charge in [-0.15, -0.1) is 0 Å². The zero-order valence-corrected chi connectivity index (χ0v) is 27.6. The summed E-state index contributed by atoms with van der Waals surface area (Å²) >= 11 is 0. The van der Waals surface area contributed by atoms with Crippen LogP contribution in [0.3, 0.4) is 0 Å². The second-order valence-electron chi connectivity index (χ2n) is 11.5. The maximum atomic E-state index is 11.7. The van der Waals surface area contributed by atoms with Gasteiger partial charge >= 0.3 is 8.60 Å². The number of carbonyl (C=O) groups excluding carboxylic acids is 4. The number of carbonyl (C=O) groups is 4. The molecule has 0 saturated carbocycles. The van der Waals surface area contributed by atoms with Crippen molar-refractivity contribution in [2.24, 2.45) is 28.7 Å². The summed E-state index contributed by atoms with van der Waals surface area (Å²) in [6.45, 7) is 15.8. The van der Waals surface area contributed by atoms with Gasteiger partial charge in [-0.2, -0.15) is 0 Å². The van der Waals surface area contributed by atoms with Crippen LogP contribution in [0.1, 0.15) is 99.5 Å². The third-order valence-corrected chi connectivity index (χ3v) is 6.79. The SMILES string of the molecule is CC(C)CC(C)(C)C(N)=O.CCC(C)C(NC=O)C(N)=O.CCCCCC(=O)NC(C)Cc1ccc(OP(O)O)cc1. The van der Waals surface area contributed by atoms with Crippen molar-refractivity contribution in [3.05, 3.63) is 29.8 Å². The van der Waals surface area contributed by atoms with Crippen LogP contribution < -0.4 is 26.6 Å². The summed E-state index contributed by atoms with van der Waals surface area (Å²) in [4.78, 5) is 60.7. The lowest BCUT2D eigenvalue weighted by molar-refractivity contribution is -0.126. The fourth-order valence-electron chi connectivity index (χ4n) is 4.02. The first-order valence-electron chi connectivity index (χ1n) is 14.5. The molecule has 3 unspecified atom stereocenters. The maximum absolute atomic E-state index is 11.7. The van der Waals surface area contributed by atoms with Crippen molar-refractivity contribution in [3.8, 4) is 5.75 Å². The Balaban J connectivity index is 0. The molecule has 242 valence electrons. The van der Waals surface area contributed by atoms with Gasteiger partial charge in [-0.1, -0.05) is 79.9 Å². The smallest absolute Gasteiger partial charge is 0.391 e. The van der Waals surface area contributed by atoms with E-state index in [0.717, 1.165) is 44.1 Å². The third-order valence-electron chi connectivity index (χ3n) is 6.42. The number of benzene rings is 1. The summed E-state index contributed by atoms with van der Waals surface area (Å²) in [6.07, 6.45) is 6.63. The van der Waals surface area contributed by atoms with Gasteiger partial charge in [-0.25, -0.2) is 0 Å². The number of hydrogen-bond donors (Lipinski definition) is 6. The van der Waals surface area contributed by atoms with Crippen LogP contribution in [0.15, 0.2) is 24.3 Å². The summed E-state index contributed by atoms with van der Waals surface area (Å²) in [5.74, 6) is 0.459. The average molecular weight is 615 g/mol. The molecular formula is C30H55N4O7P. The predicted molar refractivity (Wildman–Crippen MR) is 168 cm³/mol. The minimum atomic E-state index is -2.38. The van der Waals surface area contributed by atoms with Crippen molar-refractivity contribution in [1.82, 2.24) is 10.6 Å². The van der Waals surface area contributed by atoms with E-state index in [-0.39, 0.29) is 29.2 Å². The Kier molecular flexibility index (Phi) is 22.5. The van der Waals surface area contributed by atoms with Crippen molar-refractivity contribution in [1.29, 1.82) is 0 Å². The molecule has 0 aromatic heterocycles. The lowest BCUT2D eigenvalue weighted by Gasteiger charge is -2.22. The van der Waals surface area contributed by atoms with Gasteiger partial charge in [-0.05, 0) is 55.7 Å². The first-order valence-corrected chi connectivity index (χ1v) is 15.7. The summed E-state index contributed by atoms with van der Waals surface area (Å²) < 4.78 is 4.80. The highest BCUT2D eigenvalue weighted by atomic mass is 31.2. The van der Waals surface area contributed by atoms with Gasteiger partial charge in [-0.3, -0.25) is 19.2 Å². The number of hydrogen-bond acceptors (Lipinski definition) is 7. The molecule has 1 aromatic carbocycles. The molecule has 0 bridgehead atoms. The van der Waals surface area contributed by atoms with Gasteiger partial charge in [0.15, 0.2) is 0 Å². The Hall–Kier alpha value is -2.75. The molecule has 12 heteroatoms. The van der Waals surface area contributed by atoms with E-state index in [1.54, 1.807) is 12.1 Å². The minimum absolute atomic E-state index is 0.0682. The topological polar surface area (TPSA) is 194 Å². The quantitative estimate of drug-likeness (QED) is 0.0864. The summed E-state index contributed by atoms with van der Waals surface area (Å²) in [7, 11) is -2.38. The van der Waals surface area contributed by atoms with Crippen LogP contribution in [0.2, 0.25) is 0 Å². The molecule has 4 amide bonds. The molecule has 11 nitrogen and oxygen atoms in total. The largest absolute Gasteiger partial charge is 0.427 e. The van der Waals surface area contributed by atoms with Crippen LogP contribution in [0.4, 0.5) is 0 Å². The molecule has 0 aliphatic rings. The van der Waals surface area contributed by atoms with Crippen molar-refractivity contribution >= 4 is 32.7 Å². The van der Waals surface area contributed by atoms with Gasteiger partial charge < -0.3 is 36.4 Å². The molecule has 0 fully saturated rings. The van der Waals surface area contributed by atoms with Crippen LogP contribution in [0, 0.1) is 17.3 Å². The number of nitrogens with one attached hydrogen (secondary N) is 2. The number of nitrogens with two attached hydrogens (primary N) is 2. The molecule has 0 saturated heterocycles. The van der Waals surface area contributed by atoms with Crippen molar-refractivity contribution in [2.45, 2.75) is 112 Å². The lowest BCUT2D eigenvalue weighted by atomic mass is 9.83. The molecule has 0 spiro atoms. The molecule has 8 N–H and O–H groups in total. The van der Waals surface area contributed by atoms with Gasteiger partial charge in [0.25, 0.3) is 0 Å². The molecular weight excluding hydrogens is 559 g/mol. The highest BCUT2D eigenvalue weighted by Gasteiger charge is 2.25. The van der Waals surface area contributed by atoms with E-state index in [4.69, 9.17) is 25.8 Å². The monoisotopic (exact) mass is 614 g/mol. The Bertz CT molecular complexity index is 911. The summed E-state index contributed by atoms with van der Waals surface area (Å²) in [5, 5.41) is 5.36. The van der Waals surface area contributed by atoms with E-state index in [9.17, 15) is 19.2 Å². The standard InChI is InChI=1S/C15H24NO4P.C8H17NO.C7H14N2O2/c1-3-4-5-6-15(17)16-12(2)11-13-7-9-14(10-8-13)20-21(18)19;1-6(2)5-8(3,4)7(9)10;1-3-5(2)6(7(8)11)9-4-10/h7-10,12,18-19H,3-6,11H2,1-2H3,(H,16,17);6H,5H2,1-4H3,(H2,9,10);4-6H,3H2,1-2H3,(H2,8,11)(H,9,10). The molecule has 1 aromatic rings. The minimum Gasteiger partial charge on any atom is -0.427 e. The molecule has 0 aliphatic carbocycles. The second-order valence-corrected chi connectivity index (χ2v) is 12.2. The van der Waals surface area contributed by atoms with E-state index >= 15 is 0 Å². The molecule has 0 aliphatic heterocycles. The lowest BCUT2D eigenvalue weighted by Crippen LogP contribution is -2.44. The predicted octanol–water partition coefficient (Wildman–Crippen LogP) is 4.08. The van der Waals surface area contributed by atoms with Crippen molar-refractivity contribution in [3.63, 3.8) is 0 Å². The summed E-state index contributed by atoms with van der Waals surface area (Å²) in [6, 6.07) is 6.62. The zero-order valence-electron chi connectivity index (χ0n) is 26.7. The molecule has 0 radical (unpaired) electrons. The Morgan fingerprint density at radius 1 is 1.02 bits per heavy atom. The average Bonchev–Trinajstić information content (AvgIpc) is 2.87. The van der Waals surface area contributed by atoms with Crippen LogP contribution in [-0.4, -0.2) is 46.0 Å². The number of amides is 4. The molecule has 3 atom stereocenters. The Labute approximate surface area is 253 Å². The fourth-order valence-corrected chi connectivity index (χ4v) is 4.34. The van der Waals surface area contributed by atoms with Gasteiger partial charge in [0.2, 0.25) is 24.1 Å². The highest BCUT2D eigenvalue weighted by molar-refractivity contribution is 7.39. The fraction of sp³-hybridized carbons (Fsp3) is 0.667. The Morgan fingerprint density at radius 3 is 1.98 bits per heavy atom. The highest BCUT2D eigenvalue weighted by Crippen LogP contribution is 2.28. The molecule has 42 heavy (non-hydrogen) atoms. The van der Waals surface area contributed by atoms with Gasteiger partial charge in [0.1, 0.15) is 11.8 Å². The van der Waals surface area contributed by atoms with Gasteiger partial charge in [0.05, 0.1) is 0 Å². The van der Waals surface area contributed by atoms with Crippen LogP contribution >= 0.6 is 8.60 Å². The van der Waals surface area contributed by atoms with E-state index < -0.39 is 20.6 Å². The van der Waals surface area contributed by atoms with Gasteiger partial charge in [0, 0.05) is 17.9 Å². The number of primary amides is 2. The second kappa shape index (κ2) is 22.8. The first kappa shape index (κ1) is 41.4. The normalized spacial score (nSPS) is 13.0. The van der Waals surface area contributed by atoms with Crippen LogP contribution in [-0.2, 0) is 25.6 Å². The van der Waals surface area contributed by atoms with Crippen LogP contribution in [0.5, 0.6) is 5.75 Å². The van der Waals surface area contributed by atoms with E-state index in [1.807, 2.05) is 46.8 Å². The van der Waals surface area contributed by atoms with Crippen molar-refractivity contribution < 1.29 is 33.5 Å². The third kappa shape index (κ3) is 21.0. The first-order chi connectivity index (χ1) is 19.5. The number of rotatable bonds is 17. The van der Waals surface area contributed by atoms with E-state index in [2.05, 4.69) is 31.4 Å². The van der Waals surface area contributed by atoms with E-state index in [1.165, 1.54) is 0 Å². The maximum Gasteiger partial charge on any atom is 0.391 e. The molecule has 0 heterocycles. The van der Waals surface area contributed by atoms with Crippen LogP contribution in [0.25, 0.3) is 0 Å². The van der Waals surface area contributed by atoms with Crippen molar-refractivity contribution in [2.75, 3.05) is 0 Å². The van der Waals surface area contributed by atoms with E-state index in [0.29, 0.717) is 24.5 Å². The Morgan fingerprint density at radius 2 is 1.60 bits per heavy atom. The molecule has 1 rings (SSSR count). The summed E-state index contributed by atoms with van der Waals surface area (Å²) in [5.41, 5.74) is 10.9. The zero-order chi connectivity index (χ0) is 32.9.